The third-order valence-electron chi connectivity index (χ3n) is 5.58. The van der Waals surface area contributed by atoms with Crippen molar-refractivity contribution in [2.75, 3.05) is 33.6 Å². The van der Waals surface area contributed by atoms with Crippen LogP contribution in [0.1, 0.15) is 27.2 Å². The molecule has 0 radical (unpaired) electrons. The highest BCUT2D eigenvalue weighted by atomic mass is 32.1. The van der Waals surface area contributed by atoms with Crippen LogP contribution in [0.3, 0.4) is 0 Å². The monoisotopic (exact) mass is 498 g/mol. The Bertz CT molecular complexity index is 1140. The molecule has 0 aliphatic carbocycles. The van der Waals surface area contributed by atoms with Gasteiger partial charge < -0.3 is 24.0 Å². The van der Waals surface area contributed by atoms with Gasteiger partial charge in [0.15, 0.2) is 11.5 Å². The Labute approximate surface area is 207 Å². The molecule has 35 heavy (non-hydrogen) atoms. The summed E-state index contributed by atoms with van der Waals surface area (Å²) in [7, 11) is 1.60. The first kappa shape index (κ1) is 24.7. The molecule has 4 rings (SSSR count). The number of nitrogens with zero attached hydrogens (tertiary/aromatic N) is 2. The lowest BCUT2D eigenvalue weighted by molar-refractivity contribution is -0.133. The molecule has 184 valence electrons. The number of hydrogen-bond donors (Lipinski definition) is 0. The Balaban J connectivity index is 1.52. The van der Waals surface area contributed by atoms with Crippen molar-refractivity contribution < 1.29 is 28.2 Å². The van der Waals surface area contributed by atoms with E-state index >= 15 is 0 Å². The first-order valence-corrected chi connectivity index (χ1v) is 12.1. The molecule has 0 atom stereocenters. The molecule has 0 spiro atoms. The van der Waals surface area contributed by atoms with E-state index in [1.165, 1.54) is 17.0 Å². The number of ether oxygens (including phenoxy) is 3. The van der Waals surface area contributed by atoms with Crippen LogP contribution >= 0.6 is 11.3 Å². The molecule has 2 aromatic carbocycles. The standard InChI is InChI=1S/C26H27FN2O5S/c1-32-12-3-11-28(26(31)20-7-10-23-24(14-20)34-18-33-23)17-25(30)29(16-22-4-2-13-35-22)15-19-5-8-21(27)9-6-19/h2,4-10,13-14H,3,11-12,15-18H2,1H3. The number of amides is 2. The Morgan fingerprint density at radius 2 is 1.83 bits per heavy atom. The molecule has 3 aromatic rings. The van der Waals surface area contributed by atoms with Crippen LogP contribution in [0.2, 0.25) is 0 Å². The third kappa shape index (κ3) is 6.58. The number of carbonyl (C=O) groups is 2. The first-order chi connectivity index (χ1) is 17.0. The van der Waals surface area contributed by atoms with Gasteiger partial charge >= 0.3 is 0 Å². The zero-order valence-electron chi connectivity index (χ0n) is 19.4. The fourth-order valence-corrected chi connectivity index (χ4v) is 4.48. The minimum Gasteiger partial charge on any atom is -0.454 e. The summed E-state index contributed by atoms with van der Waals surface area (Å²) in [5.41, 5.74) is 1.23. The average molecular weight is 499 g/mol. The highest BCUT2D eigenvalue weighted by Crippen LogP contribution is 2.32. The van der Waals surface area contributed by atoms with E-state index < -0.39 is 0 Å². The molecule has 0 N–H and O–H groups in total. The molecule has 0 fully saturated rings. The van der Waals surface area contributed by atoms with E-state index in [0.717, 1.165) is 10.4 Å². The van der Waals surface area contributed by atoms with Gasteiger partial charge in [-0.05, 0) is 53.8 Å². The van der Waals surface area contributed by atoms with Crippen LogP contribution < -0.4 is 9.47 Å². The summed E-state index contributed by atoms with van der Waals surface area (Å²) in [5.74, 6) is 0.294. The average Bonchev–Trinajstić information content (AvgIpc) is 3.55. The van der Waals surface area contributed by atoms with Crippen molar-refractivity contribution in [1.29, 1.82) is 0 Å². The van der Waals surface area contributed by atoms with Crippen molar-refractivity contribution in [3.8, 4) is 11.5 Å². The predicted molar refractivity (Wildman–Crippen MR) is 130 cm³/mol. The Morgan fingerprint density at radius 1 is 1.03 bits per heavy atom. The van der Waals surface area contributed by atoms with Crippen LogP contribution in [0.4, 0.5) is 4.39 Å². The SMILES string of the molecule is COCCCN(CC(=O)N(Cc1ccc(F)cc1)Cc1cccs1)C(=O)c1ccc2c(c1)OCO2. The summed E-state index contributed by atoms with van der Waals surface area (Å²) in [5, 5.41) is 1.95. The maximum absolute atomic E-state index is 13.5. The Morgan fingerprint density at radius 3 is 2.57 bits per heavy atom. The first-order valence-electron chi connectivity index (χ1n) is 11.3. The molecular weight excluding hydrogens is 471 g/mol. The van der Waals surface area contributed by atoms with Gasteiger partial charge in [0.05, 0.1) is 6.54 Å². The number of benzene rings is 2. The van der Waals surface area contributed by atoms with E-state index in [1.807, 2.05) is 17.5 Å². The van der Waals surface area contributed by atoms with Crippen molar-refractivity contribution in [2.24, 2.45) is 0 Å². The minimum atomic E-state index is -0.330. The van der Waals surface area contributed by atoms with Gasteiger partial charge in [0, 0.05) is 37.2 Å². The largest absolute Gasteiger partial charge is 0.454 e. The number of fused-ring (bicyclic) bond motifs is 1. The summed E-state index contributed by atoms with van der Waals surface area (Å²) in [6.07, 6.45) is 0.586. The van der Waals surface area contributed by atoms with Crippen molar-refractivity contribution in [3.05, 3.63) is 81.8 Å². The lowest BCUT2D eigenvalue weighted by Crippen LogP contribution is -2.43. The number of methoxy groups -OCH3 is 1. The van der Waals surface area contributed by atoms with Gasteiger partial charge in [0.25, 0.3) is 5.91 Å². The molecule has 2 heterocycles. The van der Waals surface area contributed by atoms with Gasteiger partial charge in [-0.1, -0.05) is 18.2 Å². The van der Waals surface area contributed by atoms with Crippen LogP contribution in [0.25, 0.3) is 0 Å². The predicted octanol–water partition coefficient (Wildman–Crippen LogP) is 4.32. The van der Waals surface area contributed by atoms with Crippen molar-refractivity contribution in [3.63, 3.8) is 0 Å². The quantitative estimate of drug-likeness (QED) is 0.368. The molecule has 7 nitrogen and oxygen atoms in total. The molecule has 0 bridgehead atoms. The van der Waals surface area contributed by atoms with E-state index in [4.69, 9.17) is 14.2 Å². The maximum Gasteiger partial charge on any atom is 0.254 e. The van der Waals surface area contributed by atoms with E-state index in [9.17, 15) is 14.0 Å². The number of halogens is 1. The molecule has 1 aromatic heterocycles. The van der Waals surface area contributed by atoms with Crippen molar-refractivity contribution in [2.45, 2.75) is 19.5 Å². The maximum atomic E-state index is 13.5. The van der Waals surface area contributed by atoms with Gasteiger partial charge in [-0.25, -0.2) is 4.39 Å². The zero-order chi connectivity index (χ0) is 24.6. The molecule has 0 saturated carbocycles. The van der Waals surface area contributed by atoms with Crippen LogP contribution in [-0.4, -0.2) is 55.2 Å². The zero-order valence-corrected chi connectivity index (χ0v) is 20.3. The molecule has 0 saturated heterocycles. The van der Waals surface area contributed by atoms with Crippen LogP contribution in [0.5, 0.6) is 11.5 Å². The number of rotatable bonds is 11. The lowest BCUT2D eigenvalue weighted by atomic mass is 10.1. The van der Waals surface area contributed by atoms with Crippen LogP contribution in [-0.2, 0) is 22.6 Å². The number of thiophene rings is 1. The summed E-state index contributed by atoms with van der Waals surface area (Å²) in [6, 6.07) is 15.0. The van der Waals surface area contributed by atoms with E-state index in [1.54, 1.807) is 53.7 Å². The van der Waals surface area contributed by atoms with Crippen molar-refractivity contribution >= 4 is 23.2 Å². The van der Waals surface area contributed by atoms with E-state index in [-0.39, 0.29) is 31.0 Å². The summed E-state index contributed by atoms with van der Waals surface area (Å²) >= 11 is 1.56. The second-order valence-corrected chi connectivity index (χ2v) is 9.13. The molecule has 9 heteroatoms. The molecule has 1 aliphatic heterocycles. The fourth-order valence-electron chi connectivity index (χ4n) is 3.76. The Hall–Kier alpha value is -3.43. The second-order valence-electron chi connectivity index (χ2n) is 8.10. The minimum absolute atomic E-state index is 0.0937. The van der Waals surface area contributed by atoms with Gasteiger partial charge in [-0.15, -0.1) is 11.3 Å². The highest BCUT2D eigenvalue weighted by molar-refractivity contribution is 7.09. The Kier molecular flexibility index (Phi) is 8.33. The third-order valence-corrected chi connectivity index (χ3v) is 6.44. The van der Waals surface area contributed by atoms with Gasteiger partial charge in [0.2, 0.25) is 12.7 Å². The summed E-state index contributed by atoms with van der Waals surface area (Å²) < 4.78 is 29.3. The molecule has 0 unspecified atom stereocenters. The topological polar surface area (TPSA) is 68.3 Å². The normalized spacial score (nSPS) is 11.9. The van der Waals surface area contributed by atoms with E-state index in [0.29, 0.717) is 49.7 Å². The summed E-state index contributed by atoms with van der Waals surface area (Å²) in [6.45, 7) is 1.55. The highest BCUT2D eigenvalue weighted by Gasteiger charge is 2.25. The van der Waals surface area contributed by atoms with E-state index in [2.05, 4.69) is 0 Å². The number of carbonyl (C=O) groups excluding carboxylic acids is 2. The molecule has 2 amide bonds. The van der Waals surface area contributed by atoms with Gasteiger partial charge in [-0.2, -0.15) is 0 Å². The van der Waals surface area contributed by atoms with Gasteiger partial charge in [-0.3, -0.25) is 9.59 Å². The number of hydrogen-bond acceptors (Lipinski definition) is 6. The second kappa shape index (κ2) is 11.8. The lowest BCUT2D eigenvalue weighted by Gasteiger charge is -2.28. The van der Waals surface area contributed by atoms with Crippen LogP contribution in [0.15, 0.2) is 60.0 Å². The fraction of sp³-hybridized carbons (Fsp3) is 0.308. The summed E-state index contributed by atoms with van der Waals surface area (Å²) in [4.78, 5) is 31.1. The van der Waals surface area contributed by atoms with Crippen LogP contribution in [0, 0.1) is 5.82 Å². The van der Waals surface area contributed by atoms with Gasteiger partial charge in [0.1, 0.15) is 12.4 Å². The molecular formula is C26H27FN2O5S. The van der Waals surface area contributed by atoms with Crippen molar-refractivity contribution in [1.82, 2.24) is 9.80 Å². The smallest absolute Gasteiger partial charge is 0.254 e. The molecule has 1 aliphatic rings.